The summed E-state index contributed by atoms with van der Waals surface area (Å²) < 4.78 is 14.8. The van der Waals surface area contributed by atoms with Crippen LogP contribution in [0.1, 0.15) is 0 Å². The van der Waals surface area contributed by atoms with Crippen LogP contribution in [0, 0.1) is 0 Å². The summed E-state index contributed by atoms with van der Waals surface area (Å²) in [4.78, 5) is 26.0. The minimum Gasteiger partial charge on any atom is -0.465 e. The van der Waals surface area contributed by atoms with Crippen molar-refractivity contribution in [1.82, 2.24) is 10.2 Å². The number of nitrogens with zero attached hydrogens (tertiary/aromatic N) is 3. The molecule has 0 spiro atoms. The van der Waals surface area contributed by atoms with Crippen LogP contribution in [0.15, 0.2) is 70.8 Å². The van der Waals surface area contributed by atoms with E-state index in [2.05, 4.69) is 10.2 Å². The molecule has 2 aromatic rings. The fraction of sp³-hybridized carbons (Fsp3) is 0.111. The molecular formula is C18H15N3O5. The number of carbonyl (C=O) groups is 2. The Bertz CT molecular complexity index is 895. The lowest BCUT2D eigenvalue weighted by atomic mass is 10.1. The molecule has 1 aromatic carbocycles. The summed E-state index contributed by atoms with van der Waals surface area (Å²) >= 11 is 0. The average molecular weight is 353 g/mol. The molecule has 0 saturated carbocycles. The van der Waals surface area contributed by atoms with Gasteiger partial charge in [0.25, 0.3) is 0 Å². The van der Waals surface area contributed by atoms with E-state index in [1.165, 1.54) is 26.7 Å². The second-order valence-electron chi connectivity index (χ2n) is 5.11. The van der Waals surface area contributed by atoms with E-state index in [1.54, 1.807) is 47.5 Å². The maximum Gasteiger partial charge on any atom is 0.355 e. The van der Waals surface area contributed by atoms with Gasteiger partial charge in [-0.15, -0.1) is 10.2 Å². The zero-order valence-electron chi connectivity index (χ0n) is 14.1. The fourth-order valence-electron chi connectivity index (χ4n) is 2.43. The molecule has 2 heterocycles. The maximum absolute atomic E-state index is 12.4. The number of hydrogen-bond donors (Lipinski definition) is 0. The molecule has 1 aromatic heterocycles. The third kappa shape index (κ3) is 3.25. The predicted octanol–water partition coefficient (Wildman–Crippen LogP) is 2.23. The van der Waals surface area contributed by atoms with Gasteiger partial charge in [-0.05, 0) is 36.4 Å². The van der Waals surface area contributed by atoms with Crippen molar-refractivity contribution in [3.63, 3.8) is 0 Å². The predicted molar refractivity (Wildman–Crippen MR) is 91.6 cm³/mol. The molecule has 8 heteroatoms. The van der Waals surface area contributed by atoms with E-state index in [0.717, 1.165) is 5.56 Å². The Labute approximate surface area is 149 Å². The van der Waals surface area contributed by atoms with Crippen molar-refractivity contribution < 1.29 is 23.5 Å². The largest absolute Gasteiger partial charge is 0.465 e. The summed E-state index contributed by atoms with van der Waals surface area (Å²) in [7, 11) is 2.50. The first kappa shape index (κ1) is 17.2. The van der Waals surface area contributed by atoms with E-state index in [9.17, 15) is 9.59 Å². The second kappa shape index (κ2) is 7.47. The number of benzene rings is 1. The van der Waals surface area contributed by atoms with Gasteiger partial charge in [-0.1, -0.05) is 6.08 Å². The number of esters is 2. The van der Waals surface area contributed by atoms with Gasteiger partial charge in [0, 0.05) is 17.5 Å². The number of rotatable bonds is 4. The van der Waals surface area contributed by atoms with Crippen LogP contribution < -0.4 is 4.90 Å². The van der Waals surface area contributed by atoms with Crippen LogP contribution in [-0.4, -0.2) is 36.4 Å². The number of ether oxygens (including phenoxy) is 2. The first-order valence-electron chi connectivity index (χ1n) is 7.57. The minimum absolute atomic E-state index is 0.0508. The van der Waals surface area contributed by atoms with Gasteiger partial charge in [0.05, 0.1) is 19.8 Å². The summed E-state index contributed by atoms with van der Waals surface area (Å²) in [5.41, 5.74) is 1.50. The SMILES string of the molecule is COC(=O)C1=C(C(=O)OC)N(c2ccc(-c3nnco3)cc2)C=CC=C1. The lowest BCUT2D eigenvalue weighted by molar-refractivity contribution is -0.139. The van der Waals surface area contributed by atoms with E-state index < -0.39 is 11.9 Å². The Balaban J connectivity index is 2.06. The summed E-state index contributed by atoms with van der Waals surface area (Å²) in [6, 6.07) is 7.05. The Kier molecular flexibility index (Phi) is 4.93. The van der Waals surface area contributed by atoms with Crippen molar-refractivity contribution in [3.05, 3.63) is 66.4 Å². The molecule has 0 aliphatic carbocycles. The number of allylic oxidation sites excluding steroid dienone is 2. The van der Waals surface area contributed by atoms with E-state index in [0.29, 0.717) is 11.6 Å². The molecule has 3 rings (SSSR count). The normalized spacial score (nSPS) is 13.5. The molecule has 132 valence electrons. The summed E-state index contributed by atoms with van der Waals surface area (Å²) in [5, 5.41) is 7.49. The van der Waals surface area contributed by atoms with Crippen LogP contribution >= 0.6 is 0 Å². The molecular weight excluding hydrogens is 338 g/mol. The van der Waals surface area contributed by atoms with Crippen molar-refractivity contribution >= 4 is 17.6 Å². The van der Waals surface area contributed by atoms with Crippen molar-refractivity contribution in [2.75, 3.05) is 19.1 Å². The molecule has 0 saturated heterocycles. The summed E-state index contributed by atoms with van der Waals surface area (Å²) in [6.07, 6.45) is 7.74. The molecule has 0 bridgehead atoms. The average Bonchev–Trinajstić information content (AvgIpc) is 3.13. The van der Waals surface area contributed by atoms with E-state index in [1.807, 2.05) is 0 Å². The zero-order valence-corrected chi connectivity index (χ0v) is 14.1. The minimum atomic E-state index is -0.664. The standard InChI is InChI=1S/C18H15N3O5/c1-24-17(22)14-5-3-4-10-21(15(14)18(23)25-2)13-8-6-12(7-9-13)16-20-19-11-26-16/h3-11H,1-2H3. The maximum atomic E-state index is 12.4. The molecule has 26 heavy (non-hydrogen) atoms. The first-order valence-corrected chi connectivity index (χ1v) is 7.57. The lowest BCUT2D eigenvalue weighted by Crippen LogP contribution is -2.26. The van der Waals surface area contributed by atoms with Crippen LogP contribution in [0.3, 0.4) is 0 Å². The molecule has 0 amide bonds. The van der Waals surface area contributed by atoms with Gasteiger partial charge >= 0.3 is 11.9 Å². The van der Waals surface area contributed by atoms with Crippen molar-refractivity contribution in [2.24, 2.45) is 0 Å². The molecule has 1 aliphatic heterocycles. The molecule has 0 N–H and O–H groups in total. The first-order chi connectivity index (χ1) is 12.7. The van der Waals surface area contributed by atoms with Crippen LogP contribution in [0.2, 0.25) is 0 Å². The number of anilines is 1. The topological polar surface area (TPSA) is 94.8 Å². The molecule has 1 aliphatic rings. The number of methoxy groups -OCH3 is 2. The smallest absolute Gasteiger partial charge is 0.355 e. The highest BCUT2D eigenvalue weighted by molar-refractivity contribution is 6.05. The second-order valence-corrected chi connectivity index (χ2v) is 5.11. The van der Waals surface area contributed by atoms with Gasteiger partial charge < -0.3 is 18.8 Å². The highest BCUT2D eigenvalue weighted by atomic mass is 16.5. The van der Waals surface area contributed by atoms with E-state index in [4.69, 9.17) is 13.9 Å². The van der Waals surface area contributed by atoms with Gasteiger partial charge in [-0.2, -0.15) is 0 Å². The highest BCUT2D eigenvalue weighted by Gasteiger charge is 2.27. The van der Waals surface area contributed by atoms with Crippen LogP contribution in [0.25, 0.3) is 11.5 Å². The van der Waals surface area contributed by atoms with Gasteiger partial charge in [0.2, 0.25) is 12.3 Å². The Hall–Kier alpha value is -3.68. The van der Waals surface area contributed by atoms with Crippen LogP contribution in [0.5, 0.6) is 0 Å². The van der Waals surface area contributed by atoms with E-state index in [-0.39, 0.29) is 11.3 Å². The zero-order chi connectivity index (χ0) is 18.5. The third-order valence-electron chi connectivity index (χ3n) is 3.64. The molecule has 8 nitrogen and oxygen atoms in total. The molecule has 0 atom stereocenters. The van der Waals surface area contributed by atoms with Gasteiger partial charge in [-0.25, -0.2) is 9.59 Å². The van der Waals surface area contributed by atoms with Crippen molar-refractivity contribution in [2.45, 2.75) is 0 Å². The third-order valence-corrected chi connectivity index (χ3v) is 3.64. The van der Waals surface area contributed by atoms with Crippen LogP contribution in [-0.2, 0) is 19.1 Å². The lowest BCUT2D eigenvalue weighted by Gasteiger charge is -2.23. The fourth-order valence-corrected chi connectivity index (χ4v) is 2.43. The number of carbonyl (C=O) groups excluding carboxylic acids is 2. The number of hydrogen-bond acceptors (Lipinski definition) is 8. The van der Waals surface area contributed by atoms with E-state index >= 15 is 0 Å². The van der Waals surface area contributed by atoms with Gasteiger partial charge in [0.1, 0.15) is 5.70 Å². The highest BCUT2D eigenvalue weighted by Crippen LogP contribution is 2.28. The quantitative estimate of drug-likeness (QED) is 0.772. The number of aromatic nitrogens is 2. The van der Waals surface area contributed by atoms with Gasteiger partial charge in [-0.3, -0.25) is 0 Å². The molecule has 0 fully saturated rings. The summed E-state index contributed by atoms with van der Waals surface area (Å²) in [5.74, 6) is -0.927. The summed E-state index contributed by atoms with van der Waals surface area (Å²) in [6.45, 7) is 0. The van der Waals surface area contributed by atoms with Crippen molar-refractivity contribution in [3.8, 4) is 11.5 Å². The van der Waals surface area contributed by atoms with Crippen LogP contribution in [0.4, 0.5) is 5.69 Å². The molecule has 0 unspecified atom stereocenters. The molecule has 0 radical (unpaired) electrons. The van der Waals surface area contributed by atoms with Gasteiger partial charge in [0.15, 0.2) is 0 Å². The Morgan fingerprint density at radius 2 is 1.77 bits per heavy atom. The Morgan fingerprint density at radius 3 is 2.38 bits per heavy atom. The van der Waals surface area contributed by atoms with Crippen molar-refractivity contribution in [1.29, 1.82) is 0 Å². The Morgan fingerprint density at radius 1 is 1.04 bits per heavy atom. The monoisotopic (exact) mass is 353 g/mol.